The van der Waals surface area contributed by atoms with Crippen LogP contribution in [0.4, 0.5) is 4.79 Å². The number of hydrogen-bond donors (Lipinski definition) is 1. The van der Waals surface area contributed by atoms with Crippen molar-refractivity contribution in [2.45, 2.75) is 25.3 Å². The van der Waals surface area contributed by atoms with Crippen molar-refractivity contribution in [3.05, 3.63) is 95.1 Å². The van der Waals surface area contributed by atoms with Gasteiger partial charge in [-0.3, -0.25) is 4.90 Å². The van der Waals surface area contributed by atoms with Crippen LogP contribution < -0.4 is 9.47 Å². The molecule has 31 heavy (non-hydrogen) atoms. The van der Waals surface area contributed by atoms with Gasteiger partial charge in [0.25, 0.3) is 0 Å². The summed E-state index contributed by atoms with van der Waals surface area (Å²) in [7, 11) is 3.16. The predicted molar refractivity (Wildman–Crippen MR) is 116 cm³/mol. The summed E-state index contributed by atoms with van der Waals surface area (Å²) in [6.07, 6.45) is -1.50. The second-order valence-electron chi connectivity index (χ2n) is 7.56. The molecule has 0 saturated carbocycles. The molecule has 6 nitrogen and oxygen atoms in total. The molecule has 0 aromatic heterocycles. The molecule has 3 aromatic carbocycles. The Labute approximate surface area is 181 Å². The lowest BCUT2D eigenvalue weighted by molar-refractivity contribution is -0.113. The number of benzene rings is 3. The molecular weight excluding hydrogens is 394 g/mol. The van der Waals surface area contributed by atoms with E-state index in [4.69, 9.17) is 14.2 Å². The number of cyclic esters (lactones) is 1. The second-order valence-corrected chi connectivity index (χ2v) is 7.56. The van der Waals surface area contributed by atoms with E-state index in [0.717, 1.165) is 11.1 Å². The highest BCUT2D eigenvalue weighted by molar-refractivity contribution is 5.72. The second kappa shape index (κ2) is 8.32. The molecule has 4 rings (SSSR count). The van der Waals surface area contributed by atoms with Gasteiger partial charge in [0.2, 0.25) is 5.72 Å². The van der Waals surface area contributed by atoms with Gasteiger partial charge in [-0.1, -0.05) is 54.1 Å². The number of aryl methyl sites for hydroxylation is 1. The van der Waals surface area contributed by atoms with Crippen LogP contribution in [0.5, 0.6) is 11.5 Å². The van der Waals surface area contributed by atoms with Crippen LogP contribution in [0, 0.1) is 6.92 Å². The molecular formula is C25H25NO5. The third-order valence-corrected chi connectivity index (χ3v) is 5.61. The van der Waals surface area contributed by atoms with E-state index in [9.17, 15) is 9.90 Å². The maximum Gasteiger partial charge on any atom is 0.413 e. The van der Waals surface area contributed by atoms with Gasteiger partial charge in [0.05, 0.1) is 20.8 Å². The van der Waals surface area contributed by atoms with E-state index in [1.807, 2.05) is 31.2 Å². The smallest absolute Gasteiger partial charge is 0.413 e. The number of ether oxygens (including phenoxy) is 3. The van der Waals surface area contributed by atoms with Gasteiger partial charge in [0, 0.05) is 5.56 Å². The molecule has 1 aliphatic heterocycles. The number of carbonyl (C=O) groups is 1. The van der Waals surface area contributed by atoms with Crippen molar-refractivity contribution < 1.29 is 24.1 Å². The fourth-order valence-corrected chi connectivity index (χ4v) is 3.81. The van der Waals surface area contributed by atoms with Crippen molar-refractivity contribution in [2.24, 2.45) is 0 Å². The highest BCUT2D eigenvalue weighted by Crippen LogP contribution is 2.47. The van der Waals surface area contributed by atoms with E-state index in [0.29, 0.717) is 22.6 Å². The Balaban J connectivity index is 1.78. The minimum Gasteiger partial charge on any atom is -0.497 e. The maximum absolute atomic E-state index is 13.0. The van der Waals surface area contributed by atoms with Gasteiger partial charge in [-0.05, 0) is 42.3 Å². The Bertz CT molecular complexity index is 1050. The molecule has 1 aliphatic rings. The quantitative estimate of drug-likeness (QED) is 0.635. The SMILES string of the molecule is COc1ccc([C@H]2OC(=O)N(Cc3ccc(C)cc3)[C@@]2(O)c2ccc(OC)cc2)cc1. The Hall–Kier alpha value is -3.51. The first-order valence-corrected chi connectivity index (χ1v) is 10.0. The van der Waals surface area contributed by atoms with E-state index in [-0.39, 0.29) is 6.54 Å². The summed E-state index contributed by atoms with van der Waals surface area (Å²) in [5.74, 6) is 1.33. The van der Waals surface area contributed by atoms with E-state index < -0.39 is 17.9 Å². The van der Waals surface area contributed by atoms with Gasteiger partial charge in [0.15, 0.2) is 6.10 Å². The van der Waals surface area contributed by atoms with E-state index in [2.05, 4.69) is 0 Å². The molecule has 3 aromatic rings. The summed E-state index contributed by atoms with van der Waals surface area (Å²) in [5.41, 5.74) is 1.51. The first-order chi connectivity index (χ1) is 15.0. The monoisotopic (exact) mass is 419 g/mol. The lowest BCUT2D eigenvalue weighted by Crippen LogP contribution is -2.45. The standard InChI is InChI=1S/C25H25NO5/c1-17-4-6-18(7-5-17)16-26-24(27)31-23(19-8-12-21(29-2)13-9-19)25(26,28)20-10-14-22(30-3)15-11-20/h4-15,23,28H,16H2,1-3H3/t23-,25-/m1/s1. The van der Waals surface area contributed by atoms with Crippen molar-refractivity contribution in [1.29, 1.82) is 0 Å². The Morgan fingerprint density at radius 3 is 2.00 bits per heavy atom. The molecule has 0 unspecified atom stereocenters. The molecule has 1 fully saturated rings. The molecule has 0 aliphatic carbocycles. The highest BCUT2D eigenvalue weighted by atomic mass is 16.6. The number of carbonyl (C=O) groups excluding carboxylic acids is 1. The first-order valence-electron chi connectivity index (χ1n) is 10.0. The molecule has 0 radical (unpaired) electrons. The molecule has 1 heterocycles. The van der Waals surface area contributed by atoms with Crippen LogP contribution in [0.1, 0.15) is 28.4 Å². The topological polar surface area (TPSA) is 68.2 Å². The molecule has 6 heteroatoms. The number of nitrogens with zero attached hydrogens (tertiary/aromatic N) is 1. The summed E-state index contributed by atoms with van der Waals surface area (Å²) in [6, 6.07) is 22.0. The molecule has 2 atom stereocenters. The summed E-state index contributed by atoms with van der Waals surface area (Å²) in [5, 5.41) is 12.0. The third-order valence-electron chi connectivity index (χ3n) is 5.61. The van der Waals surface area contributed by atoms with Crippen LogP contribution in [-0.4, -0.2) is 30.3 Å². The van der Waals surface area contributed by atoms with Gasteiger partial charge in [0.1, 0.15) is 11.5 Å². The first kappa shape index (κ1) is 20.8. The molecule has 1 saturated heterocycles. The van der Waals surface area contributed by atoms with Crippen molar-refractivity contribution in [3.63, 3.8) is 0 Å². The van der Waals surface area contributed by atoms with Crippen LogP contribution in [0.25, 0.3) is 0 Å². The van der Waals surface area contributed by atoms with E-state index in [1.165, 1.54) is 4.90 Å². The largest absolute Gasteiger partial charge is 0.497 e. The van der Waals surface area contributed by atoms with Gasteiger partial charge < -0.3 is 19.3 Å². The van der Waals surface area contributed by atoms with Crippen LogP contribution in [-0.2, 0) is 17.0 Å². The van der Waals surface area contributed by atoms with Crippen molar-refractivity contribution in [2.75, 3.05) is 14.2 Å². The Morgan fingerprint density at radius 1 is 0.903 bits per heavy atom. The summed E-state index contributed by atoms with van der Waals surface area (Å²) in [6.45, 7) is 2.20. The van der Waals surface area contributed by atoms with Crippen LogP contribution in [0.2, 0.25) is 0 Å². The van der Waals surface area contributed by atoms with Crippen molar-refractivity contribution in [3.8, 4) is 11.5 Å². The number of methoxy groups -OCH3 is 2. The third kappa shape index (κ3) is 3.82. The van der Waals surface area contributed by atoms with Crippen molar-refractivity contribution >= 4 is 6.09 Å². The van der Waals surface area contributed by atoms with Crippen LogP contribution in [0.15, 0.2) is 72.8 Å². The lowest BCUT2D eigenvalue weighted by atomic mass is 9.90. The molecule has 1 N–H and O–H groups in total. The van der Waals surface area contributed by atoms with Crippen molar-refractivity contribution in [1.82, 2.24) is 4.90 Å². The number of aliphatic hydroxyl groups is 1. The van der Waals surface area contributed by atoms with E-state index in [1.54, 1.807) is 62.8 Å². The summed E-state index contributed by atoms with van der Waals surface area (Å²) < 4.78 is 16.2. The minimum atomic E-state index is -1.71. The lowest BCUT2D eigenvalue weighted by Gasteiger charge is -2.35. The zero-order chi connectivity index (χ0) is 22.0. The minimum absolute atomic E-state index is 0.203. The maximum atomic E-state index is 13.0. The number of amides is 1. The molecule has 0 spiro atoms. The van der Waals surface area contributed by atoms with Crippen LogP contribution >= 0.6 is 0 Å². The average Bonchev–Trinajstić information content (AvgIpc) is 3.06. The van der Waals surface area contributed by atoms with Gasteiger partial charge in [-0.15, -0.1) is 0 Å². The number of hydrogen-bond acceptors (Lipinski definition) is 5. The Kier molecular flexibility index (Phi) is 5.57. The fourth-order valence-electron chi connectivity index (χ4n) is 3.81. The summed E-state index contributed by atoms with van der Waals surface area (Å²) in [4.78, 5) is 14.3. The summed E-state index contributed by atoms with van der Waals surface area (Å²) >= 11 is 0. The molecule has 160 valence electrons. The van der Waals surface area contributed by atoms with Gasteiger partial charge in [-0.2, -0.15) is 0 Å². The number of rotatable bonds is 6. The molecule has 1 amide bonds. The Morgan fingerprint density at radius 2 is 1.45 bits per heavy atom. The zero-order valence-corrected chi connectivity index (χ0v) is 17.7. The molecule has 0 bridgehead atoms. The van der Waals surface area contributed by atoms with Crippen LogP contribution in [0.3, 0.4) is 0 Å². The average molecular weight is 419 g/mol. The van der Waals surface area contributed by atoms with E-state index >= 15 is 0 Å². The predicted octanol–water partition coefficient (Wildman–Crippen LogP) is 4.55. The normalized spacial score (nSPS) is 20.5. The fraction of sp³-hybridized carbons (Fsp3) is 0.240. The van der Waals surface area contributed by atoms with Gasteiger partial charge >= 0.3 is 6.09 Å². The van der Waals surface area contributed by atoms with Gasteiger partial charge in [-0.25, -0.2) is 4.79 Å². The highest BCUT2D eigenvalue weighted by Gasteiger charge is 2.56. The zero-order valence-electron chi connectivity index (χ0n) is 17.7.